The van der Waals surface area contributed by atoms with E-state index < -0.39 is 0 Å². The molecule has 0 bridgehead atoms. The molecule has 1 aromatic heterocycles. The summed E-state index contributed by atoms with van der Waals surface area (Å²) in [7, 11) is 0. The van der Waals surface area contributed by atoms with E-state index >= 15 is 0 Å². The summed E-state index contributed by atoms with van der Waals surface area (Å²) in [5.74, 6) is 1.60. The SMILES string of the molecule is CC(C)(c1ccc(OCc2ccnc(N3CCC4(CC3)CN(C3CCNCC3)C4)n2)cc1)c1cc(Cl)cc(C#N)c1. The van der Waals surface area contributed by atoms with E-state index in [1.807, 2.05) is 36.5 Å². The van der Waals surface area contributed by atoms with Crippen molar-refractivity contribution in [2.24, 2.45) is 5.41 Å². The summed E-state index contributed by atoms with van der Waals surface area (Å²) in [5.41, 5.74) is 3.75. The van der Waals surface area contributed by atoms with Crippen LogP contribution in [0.3, 0.4) is 0 Å². The summed E-state index contributed by atoms with van der Waals surface area (Å²) in [5, 5.41) is 13.4. The highest BCUT2D eigenvalue weighted by atomic mass is 35.5. The van der Waals surface area contributed by atoms with Crippen LogP contribution in [0.25, 0.3) is 0 Å². The average Bonchev–Trinajstić information content (AvgIpc) is 2.99. The van der Waals surface area contributed by atoms with Crippen molar-refractivity contribution in [3.05, 3.63) is 82.1 Å². The van der Waals surface area contributed by atoms with Gasteiger partial charge in [-0.2, -0.15) is 5.26 Å². The van der Waals surface area contributed by atoms with Crippen molar-refractivity contribution in [3.8, 4) is 11.8 Å². The fourth-order valence-corrected chi connectivity index (χ4v) is 6.90. The molecule has 7 nitrogen and oxygen atoms in total. The molecule has 41 heavy (non-hydrogen) atoms. The second kappa shape index (κ2) is 11.6. The van der Waals surface area contributed by atoms with Crippen LogP contribution in [-0.2, 0) is 12.0 Å². The molecule has 3 aromatic rings. The number of benzene rings is 2. The molecule has 1 N–H and O–H groups in total. The number of halogens is 1. The fraction of sp³-hybridized carbons (Fsp3) is 0.485. The highest BCUT2D eigenvalue weighted by Gasteiger charge is 2.47. The van der Waals surface area contributed by atoms with Gasteiger partial charge < -0.3 is 15.0 Å². The van der Waals surface area contributed by atoms with E-state index in [2.05, 4.69) is 52.2 Å². The molecular weight excluding hydrogens is 532 g/mol. The highest BCUT2D eigenvalue weighted by Crippen LogP contribution is 2.43. The van der Waals surface area contributed by atoms with E-state index in [0.717, 1.165) is 60.7 Å². The Bertz CT molecular complexity index is 1400. The Morgan fingerprint density at radius 1 is 1.05 bits per heavy atom. The van der Waals surface area contributed by atoms with Crippen LogP contribution in [0.4, 0.5) is 5.95 Å². The van der Waals surface area contributed by atoms with Crippen LogP contribution in [0.1, 0.15) is 61.9 Å². The lowest BCUT2D eigenvalue weighted by molar-refractivity contribution is -0.0538. The Morgan fingerprint density at radius 2 is 1.78 bits per heavy atom. The lowest BCUT2D eigenvalue weighted by Crippen LogP contribution is -2.64. The third kappa shape index (κ3) is 6.06. The number of nitriles is 1. The summed E-state index contributed by atoms with van der Waals surface area (Å²) in [6.07, 6.45) is 6.86. The number of anilines is 1. The van der Waals surface area contributed by atoms with Crippen LogP contribution < -0.4 is 15.0 Å². The van der Waals surface area contributed by atoms with Crippen molar-refractivity contribution in [3.63, 3.8) is 0 Å². The fourth-order valence-electron chi connectivity index (χ4n) is 6.67. The Labute approximate surface area is 248 Å². The van der Waals surface area contributed by atoms with E-state index in [1.54, 1.807) is 6.07 Å². The van der Waals surface area contributed by atoms with Crippen molar-refractivity contribution < 1.29 is 4.74 Å². The highest BCUT2D eigenvalue weighted by molar-refractivity contribution is 6.30. The standard InChI is InChI=1S/C33H39ClN6O/c1-32(2,26-17-24(20-35)18-27(34)19-26)25-3-5-30(6-4-25)41-21-28-7-14-37-31(38-28)39-15-10-33(11-16-39)22-40(23-33)29-8-12-36-13-9-29/h3-7,14,17-19,29,36H,8-13,15-16,21-23H2,1-2H3. The average molecular weight is 571 g/mol. The van der Waals surface area contributed by atoms with E-state index in [4.69, 9.17) is 21.3 Å². The molecule has 3 aliphatic heterocycles. The van der Waals surface area contributed by atoms with Gasteiger partial charge in [0.25, 0.3) is 0 Å². The van der Waals surface area contributed by atoms with Gasteiger partial charge in [0.2, 0.25) is 5.95 Å². The quantitative estimate of drug-likeness (QED) is 0.398. The maximum Gasteiger partial charge on any atom is 0.225 e. The van der Waals surface area contributed by atoms with Crippen LogP contribution in [0.15, 0.2) is 54.7 Å². The van der Waals surface area contributed by atoms with Gasteiger partial charge in [0, 0.05) is 48.9 Å². The molecule has 4 heterocycles. The minimum atomic E-state index is -0.311. The summed E-state index contributed by atoms with van der Waals surface area (Å²) in [6.45, 7) is 11.5. The molecule has 3 aliphatic rings. The molecule has 3 fully saturated rings. The third-order valence-electron chi connectivity index (χ3n) is 9.42. The first-order valence-electron chi connectivity index (χ1n) is 14.8. The van der Waals surface area contributed by atoms with Crippen LogP contribution in [0.2, 0.25) is 5.02 Å². The molecule has 0 aliphatic carbocycles. The second-order valence-electron chi connectivity index (χ2n) is 12.5. The van der Waals surface area contributed by atoms with Gasteiger partial charge in [-0.25, -0.2) is 9.97 Å². The first-order chi connectivity index (χ1) is 19.8. The maximum absolute atomic E-state index is 9.35. The van der Waals surface area contributed by atoms with Crippen molar-refractivity contribution in [1.82, 2.24) is 20.2 Å². The summed E-state index contributed by atoms with van der Waals surface area (Å²) < 4.78 is 6.11. The Hall–Kier alpha value is -3.18. The number of hydrogen-bond donors (Lipinski definition) is 1. The van der Waals surface area contributed by atoms with Crippen LogP contribution in [0, 0.1) is 16.7 Å². The second-order valence-corrected chi connectivity index (χ2v) is 12.9. The predicted octanol–water partition coefficient (Wildman–Crippen LogP) is 5.56. The zero-order chi connectivity index (χ0) is 28.5. The zero-order valence-electron chi connectivity index (χ0n) is 24.1. The number of nitrogens with one attached hydrogen (secondary N) is 1. The Kier molecular flexibility index (Phi) is 7.91. The normalized spacial score (nSPS) is 19.5. The van der Waals surface area contributed by atoms with Gasteiger partial charge in [-0.3, -0.25) is 4.90 Å². The van der Waals surface area contributed by atoms with E-state index in [0.29, 0.717) is 22.6 Å². The molecule has 0 unspecified atom stereocenters. The number of rotatable bonds is 7. The molecule has 1 spiro atoms. The van der Waals surface area contributed by atoms with Gasteiger partial charge in [0.1, 0.15) is 12.4 Å². The Morgan fingerprint density at radius 3 is 2.49 bits per heavy atom. The van der Waals surface area contributed by atoms with E-state index in [-0.39, 0.29) is 5.41 Å². The van der Waals surface area contributed by atoms with Gasteiger partial charge in [0.15, 0.2) is 0 Å². The monoisotopic (exact) mass is 570 g/mol. The van der Waals surface area contributed by atoms with E-state index in [1.165, 1.54) is 38.8 Å². The number of piperidine rings is 2. The van der Waals surface area contributed by atoms with Crippen LogP contribution >= 0.6 is 11.6 Å². The third-order valence-corrected chi connectivity index (χ3v) is 9.64. The van der Waals surface area contributed by atoms with E-state index in [9.17, 15) is 5.26 Å². The lowest BCUT2D eigenvalue weighted by Gasteiger charge is -2.57. The summed E-state index contributed by atoms with van der Waals surface area (Å²) in [6, 6.07) is 18.6. The van der Waals surface area contributed by atoms with Gasteiger partial charge in [-0.15, -0.1) is 0 Å². The minimum absolute atomic E-state index is 0.311. The molecule has 0 amide bonds. The van der Waals surface area contributed by atoms with Crippen molar-refractivity contribution >= 4 is 17.5 Å². The first-order valence-corrected chi connectivity index (χ1v) is 15.2. The molecule has 0 saturated carbocycles. The lowest BCUT2D eigenvalue weighted by atomic mass is 9.71. The smallest absolute Gasteiger partial charge is 0.225 e. The van der Waals surface area contributed by atoms with Crippen molar-refractivity contribution in [1.29, 1.82) is 5.26 Å². The van der Waals surface area contributed by atoms with Gasteiger partial charge in [0.05, 0.1) is 17.3 Å². The molecule has 6 rings (SSSR count). The first kappa shape index (κ1) is 28.0. The molecular formula is C33H39ClN6O. The van der Waals surface area contributed by atoms with Crippen molar-refractivity contribution in [2.75, 3.05) is 44.2 Å². The van der Waals surface area contributed by atoms with Crippen LogP contribution in [0.5, 0.6) is 5.75 Å². The zero-order valence-corrected chi connectivity index (χ0v) is 24.8. The van der Waals surface area contributed by atoms with Crippen LogP contribution in [-0.4, -0.2) is 60.2 Å². The molecule has 0 radical (unpaired) electrons. The molecule has 2 aromatic carbocycles. The molecule has 0 atom stereocenters. The molecule has 3 saturated heterocycles. The maximum atomic E-state index is 9.35. The number of ether oxygens (including phenoxy) is 1. The summed E-state index contributed by atoms with van der Waals surface area (Å²) in [4.78, 5) is 14.5. The minimum Gasteiger partial charge on any atom is -0.487 e. The van der Waals surface area contributed by atoms with Gasteiger partial charge in [-0.1, -0.05) is 37.6 Å². The number of nitrogens with zero attached hydrogens (tertiary/aromatic N) is 5. The van der Waals surface area contributed by atoms with Crippen molar-refractivity contribution in [2.45, 2.75) is 57.6 Å². The Balaban J connectivity index is 1.03. The topological polar surface area (TPSA) is 77.3 Å². The number of hydrogen-bond acceptors (Lipinski definition) is 7. The molecule has 214 valence electrons. The number of aromatic nitrogens is 2. The predicted molar refractivity (Wildman–Crippen MR) is 162 cm³/mol. The van der Waals surface area contributed by atoms with Gasteiger partial charge in [-0.05, 0) is 91.7 Å². The van der Waals surface area contributed by atoms with Gasteiger partial charge >= 0.3 is 0 Å². The largest absolute Gasteiger partial charge is 0.487 e. The number of likely N-dealkylation sites (tertiary alicyclic amines) is 1. The summed E-state index contributed by atoms with van der Waals surface area (Å²) >= 11 is 6.27. The molecule has 8 heteroatoms.